The molecule has 1 nitrogen and oxygen atoms in total. The van der Waals surface area contributed by atoms with E-state index in [9.17, 15) is 8.78 Å². The van der Waals surface area contributed by atoms with E-state index in [-0.39, 0.29) is 23.4 Å². The molecule has 2 N–H and O–H groups in total. The van der Waals surface area contributed by atoms with Gasteiger partial charge in [-0.2, -0.15) is 0 Å². The van der Waals surface area contributed by atoms with E-state index in [0.29, 0.717) is 4.47 Å². The SMILES string of the molecule is CC1(C)CC(Cc2c(F)ccc(Br)c2F)=CC(N)C1. The lowest BCUT2D eigenvalue weighted by molar-refractivity contribution is 0.299. The molecule has 1 aliphatic rings. The summed E-state index contributed by atoms with van der Waals surface area (Å²) in [7, 11) is 0. The molecule has 0 spiro atoms. The van der Waals surface area contributed by atoms with E-state index in [0.717, 1.165) is 18.4 Å². The lowest BCUT2D eigenvalue weighted by Gasteiger charge is -2.33. The first kappa shape index (κ1) is 14.7. The maximum Gasteiger partial charge on any atom is 0.143 e. The second-order valence-electron chi connectivity index (χ2n) is 6.03. The molecule has 0 saturated heterocycles. The second kappa shape index (κ2) is 5.33. The van der Waals surface area contributed by atoms with Crippen LogP contribution in [0.3, 0.4) is 0 Å². The third kappa shape index (κ3) is 3.42. The molecule has 0 amide bonds. The van der Waals surface area contributed by atoms with Crippen LogP contribution in [0.2, 0.25) is 0 Å². The van der Waals surface area contributed by atoms with Crippen molar-refractivity contribution in [2.24, 2.45) is 11.1 Å². The molecule has 4 heteroatoms. The third-order valence-corrected chi connectivity index (χ3v) is 4.10. The van der Waals surface area contributed by atoms with Crippen molar-refractivity contribution >= 4 is 15.9 Å². The molecule has 0 aromatic heterocycles. The van der Waals surface area contributed by atoms with Gasteiger partial charge in [-0.1, -0.05) is 25.5 Å². The molecule has 0 bridgehead atoms. The Bertz CT molecular complexity index is 523. The van der Waals surface area contributed by atoms with Gasteiger partial charge in [-0.3, -0.25) is 0 Å². The molecule has 0 heterocycles. The Kier molecular flexibility index (Phi) is 4.11. The van der Waals surface area contributed by atoms with E-state index < -0.39 is 11.6 Å². The molecule has 1 aromatic rings. The zero-order valence-electron chi connectivity index (χ0n) is 11.1. The van der Waals surface area contributed by atoms with Crippen molar-refractivity contribution in [1.29, 1.82) is 0 Å². The van der Waals surface area contributed by atoms with Crippen molar-refractivity contribution in [3.8, 4) is 0 Å². The van der Waals surface area contributed by atoms with Gasteiger partial charge in [-0.05, 0) is 52.7 Å². The first-order chi connectivity index (χ1) is 8.78. The van der Waals surface area contributed by atoms with Gasteiger partial charge in [0.2, 0.25) is 0 Å². The smallest absolute Gasteiger partial charge is 0.143 e. The minimum absolute atomic E-state index is 0.0305. The second-order valence-corrected chi connectivity index (χ2v) is 6.89. The summed E-state index contributed by atoms with van der Waals surface area (Å²) in [4.78, 5) is 0. The predicted molar refractivity (Wildman–Crippen MR) is 76.8 cm³/mol. The van der Waals surface area contributed by atoms with Crippen molar-refractivity contribution in [2.75, 3.05) is 0 Å². The van der Waals surface area contributed by atoms with Crippen LogP contribution in [0.4, 0.5) is 8.78 Å². The van der Waals surface area contributed by atoms with E-state index in [1.807, 2.05) is 6.08 Å². The first-order valence-corrected chi connectivity index (χ1v) is 7.15. The highest BCUT2D eigenvalue weighted by Gasteiger charge is 2.27. The van der Waals surface area contributed by atoms with E-state index in [4.69, 9.17) is 5.73 Å². The van der Waals surface area contributed by atoms with Crippen LogP contribution in [0.25, 0.3) is 0 Å². The number of allylic oxidation sites excluding steroid dienone is 1. The van der Waals surface area contributed by atoms with Gasteiger partial charge >= 0.3 is 0 Å². The van der Waals surface area contributed by atoms with Crippen molar-refractivity contribution in [3.63, 3.8) is 0 Å². The maximum atomic E-state index is 14.0. The van der Waals surface area contributed by atoms with Gasteiger partial charge in [-0.15, -0.1) is 0 Å². The van der Waals surface area contributed by atoms with Gasteiger partial charge in [0.05, 0.1) is 4.47 Å². The molecule has 1 aromatic carbocycles. The zero-order valence-corrected chi connectivity index (χ0v) is 12.7. The van der Waals surface area contributed by atoms with Crippen LogP contribution >= 0.6 is 15.9 Å². The molecule has 0 saturated carbocycles. The molecular formula is C15H18BrF2N. The Labute approximate surface area is 121 Å². The Balaban J connectivity index is 2.29. The number of hydrogen-bond acceptors (Lipinski definition) is 1. The fourth-order valence-electron chi connectivity index (χ4n) is 2.83. The Hall–Kier alpha value is -0.740. The van der Waals surface area contributed by atoms with Crippen LogP contribution in [-0.2, 0) is 6.42 Å². The van der Waals surface area contributed by atoms with Crippen LogP contribution < -0.4 is 5.73 Å². The van der Waals surface area contributed by atoms with Crippen molar-refractivity contribution in [3.05, 3.63) is 45.5 Å². The molecule has 0 fully saturated rings. The Morgan fingerprint density at radius 3 is 2.68 bits per heavy atom. The fraction of sp³-hybridized carbons (Fsp3) is 0.467. The number of halogens is 3. The molecule has 1 atom stereocenters. The van der Waals surface area contributed by atoms with Crippen molar-refractivity contribution in [2.45, 2.75) is 39.2 Å². The van der Waals surface area contributed by atoms with E-state index >= 15 is 0 Å². The standard InChI is InChI=1S/C15H18BrF2N/c1-15(2)7-9(5-10(19)8-15)6-11-13(17)4-3-12(16)14(11)18/h3-5,10H,6-8,19H2,1-2H3. The Morgan fingerprint density at radius 2 is 2.05 bits per heavy atom. The third-order valence-electron chi connectivity index (χ3n) is 3.49. The van der Waals surface area contributed by atoms with E-state index in [2.05, 4.69) is 29.8 Å². The highest BCUT2D eigenvalue weighted by Crippen LogP contribution is 2.36. The molecule has 1 aliphatic carbocycles. The first-order valence-electron chi connectivity index (χ1n) is 6.36. The maximum absolute atomic E-state index is 14.0. The van der Waals surface area contributed by atoms with Gasteiger partial charge in [-0.25, -0.2) is 8.78 Å². The van der Waals surface area contributed by atoms with Crippen LogP contribution in [0.15, 0.2) is 28.3 Å². The molecule has 0 aliphatic heterocycles. The van der Waals surface area contributed by atoms with Gasteiger partial charge in [0.1, 0.15) is 11.6 Å². The minimum Gasteiger partial charge on any atom is -0.324 e. The largest absolute Gasteiger partial charge is 0.324 e. The summed E-state index contributed by atoms with van der Waals surface area (Å²) < 4.78 is 28.0. The monoisotopic (exact) mass is 329 g/mol. The summed E-state index contributed by atoms with van der Waals surface area (Å²) in [6.45, 7) is 4.26. The predicted octanol–water partition coefficient (Wildman–Crippen LogP) is 4.34. The van der Waals surface area contributed by atoms with Crippen molar-refractivity contribution < 1.29 is 8.78 Å². The quantitative estimate of drug-likeness (QED) is 0.633. The summed E-state index contributed by atoms with van der Waals surface area (Å²) in [6, 6.07) is 2.65. The van der Waals surface area contributed by atoms with Crippen LogP contribution in [0, 0.1) is 17.0 Å². The van der Waals surface area contributed by atoms with Gasteiger partial charge in [0.25, 0.3) is 0 Å². The van der Waals surface area contributed by atoms with Gasteiger partial charge in [0.15, 0.2) is 0 Å². The summed E-state index contributed by atoms with van der Waals surface area (Å²) >= 11 is 3.09. The highest BCUT2D eigenvalue weighted by atomic mass is 79.9. The summed E-state index contributed by atoms with van der Waals surface area (Å²) in [6.07, 6.45) is 3.96. The van der Waals surface area contributed by atoms with Gasteiger partial charge < -0.3 is 5.73 Å². The van der Waals surface area contributed by atoms with Crippen LogP contribution in [0.5, 0.6) is 0 Å². The summed E-state index contributed by atoms with van der Waals surface area (Å²) in [5, 5.41) is 0. The highest BCUT2D eigenvalue weighted by molar-refractivity contribution is 9.10. The number of rotatable bonds is 2. The molecule has 2 rings (SSSR count). The molecule has 19 heavy (non-hydrogen) atoms. The number of hydrogen-bond donors (Lipinski definition) is 1. The lowest BCUT2D eigenvalue weighted by Crippen LogP contribution is -2.31. The normalized spacial score (nSPS) is 22.2. The molecular weight excluding hydrogens is 312 g/mol. The molecule has 0 radical (unpaired) electrons. The summed E-state index contributed by atoms with van der Waals surface area (Å²) in [5.41, 5.74) is 7.20. The van der Waals surface area contributed by atoms with Gasteiger partial charge in [0, 0.05) is 11.6 Å². The molecule has 1 unspecified atom stereocenters. The average molecular weight is 330 g/mol. The zero-order chi connectivity index (χ0) is 14.2. The lowest BCUT2D eigenvalue weighted by atomic mass is 9.74. The van der Waals surface area contributed by atoms with E-state index in [1.165, 1.54) is 12.1 Å². The molecule has 104 valence electrons. The minimum atomic E-state index is -0.516. The summed E-state index contributed by atoms with van der Waals surface area (Å²) in [5.74, 6) is -1.02. The number of benzene rings is 1. The van der Waals surface area contributed by atoms with Crippen LogP contribution in [-0.4, -0.2) is 6.04 Å². The Morgan fingerprint density at radius 1 is 1.37 bits per heavy atom. The van der Waals surface area contributed by atoms with E-state index in [1.54, 1.807) is 0 Å². The van der Waals surface area contributed by atoms with Crippen molar-refractivity contribution in [1.82, 2.24) is 0 Å². The van der Waals surface area contributed by atoms with Crippen LogP contribution in [0.1, 0.15) is 32.3 Å². The fourth-order valence-corrected chi connectivity index (χ4v) is 3.20. The number of nitrogens with two attached hydrogens (primary N) is 1. The average Bonchev–Trinajstić information content (AvgIpc) is 2.27. The topological polar surface area (TPSA) is 26.0 Å².